The zero-order valence-electron chi connectivity index (χ0n) is 13.3. The van der Waals surface area contributed by atoms with Gasteiger partial charge < -0.3 is 0 Å². The van der Waals surface area contributed by atoms with Crippen molar-refractivity contribution in [2.75, 3.05) is 0 Å². The van der Waals surface area contributed by atoms with E-state index in [0.717, 1.165) is 11.2 Å². The molecule has 21 heavy (non-hydrogen) atoms. The maximum absolute atomic E-state index is 6.42. The van der Waals surface area contributed by atoms with Gasteiger partial charge in [-0.3, -0.25) is 0 Å². The van der Waals surface area contributed by atoms with Crippen molar-refractivity contribution in [3.05, 3.63) is 30.3 Å². The fourth-order valence-electron chi connectivity index (χ4n) is 3.84. The maximum atomic E-state index is 6.42. The van der Waals surface area contributed by atoms with E-state index in [2.05, 4.69) is 56.4 Å². The summed E-state index contributed by atoms with van der Waals surface area (Å²) in [6.45, 7) is 7.11. The molecule has 0 amide bonds. The Balaban J connectivity index is 1.62. The van der Waals surface area contributed by atoms with Crippen LogP contribution in [0.3, 0.4) is 0 Å². The third-order valence-electron chi connectivity index (χ3n) is 5.00. The SMILES string of the molecule is C[C@@H]1CC[C@@H]2[C@@H](C1)O[C@@H](C[Se]c1ccccc1)NC2(C)C. The van der Waals surface area contributed by atoms with Gasteiger partial charge in [-0.05, 0) is 0 Å². The van der Waals surface area contributed by atoms with Crippen molar-refractivity contribution < 1.29 is 4.74 Å². The quantitative estimate of drug-likeness (QED) is 0.845. The molecule has 1 N–H and O–H groups in total. The Morgan fingerprint density at radius 1 is 1.24 bits per heavy atom. The minimum absolute atomic E-state index is 0.209. The van der Waals surface area contributed by atoms with Crippen LogP contribution in [0.25, 0.3) is 0 Å². The standard InChI is InChI=1S/C18H27NOSe/c1-13-9-10-15-16(11-13)20-17(19-18(15,2)3)12-21-14-7-5-4-6-8-14/h4-8,13,15-17,19H,9-12H2,1-3H3/t13-,15-,16-,17+/m1/s1. The summed E-state index contributed by atoms with van der Waals surface area (Å²) in [5.41, 5.74) is 0.209. The number of nitrogens with one attached hydrogen (secondary N) is 1. The molecule has 0 bridgehead atoms. The molecule has 1 heterocycles. The fraction of sp³-hybridized carbons (Fsp3) is 0.667. The first-order valence-electron chi connectivity index (χ1n) is 8.15. The monoisotopic (exact) mass is 353 g/mol. The third-order valence-corrected chi connectivity index (χ3v) is 7.25. The van der Waals surface area contributed by atoms with Crippen LogP contribution in [-0.4, -0.2) is 32.8 Å². The van der Waals surface area contributed by atoms with Crippen LogP contribution in [-0.2, 0) is 4.74 Å². The molecular formula is C18H27NOSe. The average Bonchev–Trinajstić information content (AvgIpc) is 2.45. The predicted molar refractivity (Wildman–Crippen MR) is 89.0 cm³/mol. The first kappa shape index (κ1) is 15.6. The summed E-state index contributed by atoms with van der Waals surface area (Å²) in [5.74, 6) is 1.50. The van der Waals surface area contributed by atoms with Gasteiger partial charge in [0, 0.05) is 0 Å². The molecule has 1 aromatic rings. The van der Waals surface area contributed by atoms with E-state index in [1.165, 1.54) is 23.7 Å². The Morgan fingerprint density at radius 2 is 2.00 bits per heavy atom. The molecule has 0 spiro atoms. The molecule has 3 rings (SSSR count). The van der Waals surface area contributed by atoms with E-state index < -0.39 is 0 Å². The van der Waals surface area contributed by atoms with Gasteiger partial charge >= 0.3 is 135 Å². The summed E-state index contributed by atoms with van der Waals surface area (Å²) < 4.78 is 7.89. The molecule has 0 aromatic heterocycles. The Hall–Kier alpha value is -0.341. The molecule has 2 fully saturated rings. The third kappa shape index (κ3) is 3.71. The minimum atomic E-state index is 0.209. The second kappa shape index (κ2) is 6.42. The van der Waals surface area contributed by atoms with Crippen LogP contribution >= 0.6 is 0 Å². The molecule has 0 unspecified atom stereocenters. The van der Waals surface area contributed by atoms with Gasteiger partial charge in [0.2, 0.25) is 0 Å². The Bertz CT molecular complexity index is 462. The molecular weight excluding hydrogens is 325 g/mol. The van der Waals surface area contributed by atoms with Gasteiger partial charge in [0.05, 0.1) is 0 Å². The summed E-state index contributed by atoms with van der Waals surface area (Å²) in [6, 6.07) is 10.8. The van der Waals surface area contributed by atoms with Gasteiger partial charge in [-0.15, -0.1) is 0 Å². The summed E-state index contributed by atoms with van der Waals surface area (Å²) in [6.07, 6.45) is 4.59. The van der Waals surface area contributed by atoms with Gasteiger partial charge in [-0.25, -0.2) is 0 Å². The molecule has 2 nitrogen and oxygen atoms in total. The average molecular weight is 352 g/mol. The van der Waals surface area contributed by atoms with E-state index >= 15 is 0 Å². The van der Waals surface area contributed by atoms with Crippen molar-refractivity contribution in [3.63, 3.8) is 0 Å². The predicted octanol–water partition coefficient (Wildman–Crippen LogP) is 2.96. The van der Waals surface area contributed by atoms with Crippen LogP contribution in [0.15, 0.2) is 30.3 Å². The molecule has 2 aliphatic rings. The van der Waals surface area contributed by atoms with Crippen molar-refractivity contribution in [2.45, 2.75) is 63.2 Å². The second-order valence-electron chi connectivity index (χ2n) is 7.18. The second-order valence-corrected chi connectivity index (χ2v) is 9.47. The van der Waals surface area contributed by atoms with Crippen molar-refractivity contribution in [3.8, 4) is 0 Å². The number of hydrogen-bond donors (Lipinski definition) is 1. The van der Waals surface area contributed by atoms with Crippen molar-refractivity contribution in [2.24, 2.45) is 11.8 Å². The van der Waals surface area contributed by atoms with Crippen LogP contribution < -0.4 is 9.78 Å². The van der Waals surface area contributed by atoms with Crippen LogP contribution in [0, 0.1) is 11.8 Å². The number of hydrogen-bond acceptors (Lipinski definition) is 2. The zero-order chi connectivity index (χ0) is 14.9. The summed E-state index contributed by atoms with van der Waals surface area (Å²) in [7, 11) is 0. The summed E-state index contributed by atoms with van der Waals surface area (Å²) in [4.78, 5) is 0. The fourth-order valence-corrected chi connectivity index (χ4v) is 5.64. The van der Waals surface area contributed by atoms with Gasteiger partial charge in [-0.2, -0.15) is 0 Å². The van der Waals surface area contributed by atoms with E-state index in [9.17, 15) is 0 Å². The van der Waals surface area contributed by atoms with Crippen LogP contribution in [0.5, 0.6) is 0 Å². The number of ether oxygens (including phenoxy) is 1. The van der Waals surface area contributed by atoms with Crippen LogP contribution in [0.1, 0.15) is 40.0 Å². The molecule has 116 valence electrons. The van der Waals surface area contributed by atoms with Gasteiger partial charge in [0.1, 0.15) is 0 Å². The molecule has 1 aliphatic carbocycles. The molecule has 1 aromatic carbocycles. The number of rotatable bonds is 3. The molecule has 1 aliphatic heterocycles. The topological polar surface area (TPSA) is 21.3 Å². The number of fused-ring (bicyclic) bond motifs is 1. The first-order chi connectivity index (χ1) is 10.0. The van der Waals surface area contributed by atoms with Crippen LogP contribution in [0.4, 0.5) is 0 Å². The zero-order valence-corrected chi connectivity index (χ0v) is 15.1. The van der Waals surface area contributed by atoms with E-state index in [0.29, 0.717) is 27.0 Å². The molecule has 3 heteroatoms. The van der Waals surface area contributed by atoms with E-state index in [-0.39, 0.29) is 11.8 Å². The van der Waals surface area contributed by atoms with Crippen molar-refractivity contribution >= 4 is 19.4 Å². The van der Waals surface area contributed by atoms with Crippen LogP contribution in [0.2, 0.25) is 5.32 Å². The van der Waals surface area contributed by atoms with Gasteiger partial charge in [0.15, 0.2) is 0 Å². The Morgan fingerprint density at radius 3 is 2.76 bits per heavy atom. The Labute approximate surface area is 135 Å². The summed E-state index contributed by atoms with van der Waals surface area (Å²) in [5, 5.41) is 4.89. The van der Waals surface area contributed by atoms with Gasteiger partial charge in [-0.1, -0.05) is 0 Å². The first-order valence-corrected chi connectivity index (χ1v) is 10.2. The molecule has 1 saturated carbocycles. The molecule has 4 atom stereocenters. The van der Waals surface area contributed by atoms with Crippen molar-refractivity contribution in [1.29, 1.82) is 0 Å². The molecule has 1 saturated heterocycles. The van der Waals surface area contributed by atoms with E-state index in [1.807, 2.05) is 0 Å². The van der Waals surface area contributed by atoms with E-state index in [4.69, 9.17) is 4.74 Å². The molecule has 0 radical (unpaired) electrons. The van der Waals surface area contributed by atoms with E-state index in [1.54, 1.807) is 0 Å². The Kier molecular flexibility index (Phi) is 4.75. The normalized spacial score (nSPS) is 35.2. The number of benzene rings is 1. The van der Waals surface area contributed by atoms with Gasteiger partial charge in [0.25, 0.3) is 0 Å². The van der Waals surface area contributed by atoms with Crippen molar-refractivity contribution in [1.82, 2.24) is 5.32 Å². The summed E-state index contributed by atoms with van der Waals surface area (Å²) >= 11 is 0.488.